The van der Waals surface area contributed by atoms with E-state index < -0.39 is 0 Å². The predicted molar refractivity (Wildman–Crippen MR) is 93.5 cm³/mol. The molecular formula is C16H18BrN5O. The van der Waals surface area contributed by atoms with Crippen molar-refractivity contribution >= 4 is 38.8 Å². The number of aryl methyl sites for hydroxylation is 4. The number of carbonyl (C=O) groups excluding carboxylic acids is 1. The summed E-state index contributed by atoms with van der Waals surface area (Å²) in [6, 6.07) is 3.93. The van der Waals surface area contributed by atoms with Gasteiger partial charge < -0.3 is 9.97 Å². The quantitative estimate of drug-likeness (QED) is 0.651. The van der Waals surface area contributed by atoms with Crippen molar-refractivity contribution in [1.29, 1.82) is 0 Å². The van der Waals surface area contributed by atoms with Crippen molar-refractivity contribution in [3.8, 4) is 0 Å². The lowest BCUT2D eigenvalue weighted by Gasteiger charge is -2.00. The highest BCUT2D eigenvalue weighted by Gasteiger charge is 2.10. The molecule has 120 valence electrons. The number of halogens is 1. The number of nitrogens with zero attached hydrogens (tertiary/aromatic N) is 2. The number of H-pyrrole nitrogens is 2. The van der Waals surface area contributed by atoms with E-state index in [0.717, 1.165) is 38.3 Å². The van der Waals surface area contributed by atoms with E-state index in [-0.39, 0.29) is 5.91 Å². The molecule has 6 nitrogen and oxygen atoms in total. The van der Waals surface area contributed by atoms with Gasteiger partial charge in [-0.3, -0.25) is 10.1 Å². The minimum absolute atomic E-state index is 0.0912. The SMILES string of the molecule is Cc1cc2[nH]c(NC(=O)CCc3nc(C)c(C)[nH]3)nc2cc1Br. The van der Waals surface area contributed by atoms with E-state index in [1.807, 2.05) is 32.9 Å². The standard InChI is InChI=1S/C16H18BrN5O/c1-8-6-12-13(7-11(8)17)21-16(20-12)22-15(23)5-4-14-18-9(2)10(3)19-14/h6-7H,4-5H2,1-3H3,(H,18,19)(H2,20,21,22,23). The zero-order valence-electron chi connectivity index (χ0n) is 13.2. The van der Waals surface area contributed by atoms with E-state index in [4.69, 9.17) is 0 Å². The molecule has 0 atom stereocenters. The Kier molecular flexibility index (Phi) is 4.21. The molecule has 0 spiro atoms. The Morgan fingerprint density at radius 3 is 2.70 bits per heavy atom. The maximum atomic E-state index is 12.1. The number of rotatable bonds is 4. The maximum absolute atomic E-state index is 12.1. The van der Waals surface area contributed by atoms with Crippen molar-refractivity contribution < 1.29 is 4.79 Å². The molecule has 0 radical (unpaired) electrons. The van der Waals surface area contributed by atoms with E-state index in [2.05, 4.69) is 41.2 Å². The van der Waals surface area contributed by atoms with Crippen LogP contribution in [-0.2, 0) is 11.2 Å². The average molecular weight is 376 g/mol. The number of anilines is 1. The Bertz CT molecular complexity index is 822. The van der Waals surface area contributed by atoms with Crippen LogP contribution in [0.1, 0.15) is 29.2 Å². The van der Waals surface area contributed by atoms with Crippen LogP contribution in [0.2, 0.25) is 0 Å². The van der Waals surface area contributed by atoms with Crippen LogP contribution in [-0.4, -0.2) is 25.8 Å². The summed E-state index contributed by atoms with van der Waals surface area (Å²) in [4.78, 5) is 27.1. The van der Waals surface area contributed by atoms with Gasteiger partial charge in [0, 0.05) is 23.0 Å². The molecule has 2 heterocycles. The molecule has 23 heavy (non-hydrogen) atoms. The Morgan fingerprint density at radius 1 is 1.22 bits per heavy atom. The molecule has 0 saturated heterocycles. The lowest BCUT2D eigenvalue weighted by Crippen LogP contribution is -2.13. The molecule has 3 aromatic rings. The van der Waals surface area contributed by atoms with Gasteiger partial charge in [-0.2, -0.15) is 0 Å². The summed E-state index contributed by atoms with van der Waals surface area (Å²) < 4.78 is 0.998. The summed E-state index contributed by atoms with van der Waals surface area (Å²) in [5.74, 6) is 1.21. The van der Waals surface area contributed by atoms with Crippen LogP contribution in [0.5, 0.6) is 0 Å². The summed E-state index contributed by atoms with van der Waals surface area (Å²) in [5.41, 5.74) is 4.84. The van der Waals surface area contributed by atoms with E-state index in [9.17, 15) is 4.79 Å². The number of hydrogen-bond acceptors (Lipinski definition) is 3. The summed E-state index contributed by atoms with van der Waals surface area (Å²) >= 11 is 3.48. The van der Waals surface area contributed by atoms with Crippen molar-refractivity contribution in [2.24, 2.45) is 0 Å². The number of imidazole rings is 2. The average Bonchev–Trinajstić information content (AvgIpc) is 3.00. The minimum Gasteiger partial charge on any atom is -0.346 e. The van der Waals surface area contributed by atoms with Gasteiger partial charge >= 0.3 is 0 Å². The van der Waals surface area contributed by atoms with Crippen molar-refractivity contribution in [3.05, 3.63) is 39.4 Å². The summed E-state index contributed by atoms with van der Waals surface area (Å²) in [6.45, 7) is 5.93. The third kappa shape index (κ3) is 3.44. The normalized spacial score (nSPS) is 11.1. The maximum Gasteiger partial charge on any atom is 0.227 e. The van der Waals surface area contributed by atoms with Gasteiger partial charge in [0.2, 0.25) is 11.9 Å². The molecule has 0 unspecified atom stereocenters. The van der Waals surface area contributed by atoms with E-state index in [0.29, 0.717) is 18.8 Å². The molecule has 2 aromatic heterocycles. The first-order valence-electron chi connectivity index (χ1n) is 7.40. The van der Waals surface area contributed by atoms with Crippen molar-refractivity contribution in [1.82, 2.24) is 19.9 Å². The molecule has 1 amide bonds. The lowest BCUT2D eigenvalue weighted by atomic mass is 10.2. The van der Waals surface area contributed by atoms with E-state index in [1.54, 1.807) is 0 Å². The van der Waals surface area contributed by atoms with E-state index in [1.165, 1.54) is 0 Å². The van der Waals surface area contributed by atoms with Gasteiger partial charge in [0.1, 0.15) is 5.82 Å². The van der Waals surface area contributed by atoms with Gasteiger partial charge in [0.15, 0.2) is 0 Å². The van der Waals surface area contributed by atoms with Crippen molar-refractivity contribution in [3.63, 3.8) is 0 Å². The Morgan fingerprint density at radius 2 is 2.00 bits per heavy atom. The highest BCUT2D eigenvalue weighted by Crippen LogP contribution is 2.23. The van der Waals surface area contributed by atoms with Crippen molar-refractivity contribution in [2.45, 2.75) is 33.6 Å². The van der Waals surface area contributed by atoms with Crippen LogP contribution < -0.4 is 5.32 Å². The monoisotopic (exact) mass is 375 g/mol. The van der Waals surface area contributed by atoms with Gasteiger partial charge in [0.05, 0.1) is 16.7 Å². The first kappa shape index (κ1) is 15.7. The Balaban J connectivity index is 1.65. The molecule has 0 aliphatic rings. The molecule has 7 heteroatoms. The van der Waals surface area contributed by atoms with Gasteiger partial charge in [0.25, 0.3) is 0 Å². The summed E-state index contributed by atoms with van der Waals surface area (Å²) in [7, 11) is 0. The van der Waals surface area contributed by atoms with Crippen LogP contribution in [0.4, 0.5) is 5.95 Å². The first-order chi connectivity index (χ1) is 10.9. The Hall–Kier alpha value is -2.15. The molecule has 0 fully saturated rings. The fourth-order valence-electron chi connectivity index (χ4n) is 2.36. The number of aromatic amines is 2. The van der Waals surface area contributed by atoms with Crippen LogP contribution in [0, 0.1) is 20.8 Å². The second-order valence-electron chi connectivity index (χ2n) is 5.65. The van der Waals surface area contributed by atoms with Gasteiger partial charge in [-0.25, -0.2) is 9.97 Å². The fraction of sp³-hybridized carbons (Fsp3) is 0.312. The van der Waals surface area contributed by atoms with Crippen LogP contribution in [0.3, 0.4) is 0 Å². The molecule has 0 aliphatic heterocycles. The van der Waals surface area contributed by atoms with Crippen molar-refractivity contribution in [2.75, 3.05) is 5.32 Å². The molecule has 3 rings (SSSR count). The van der Waals surface area contributed by atoms with Gasteiger partial charge in [-0.15, -0.1) is 0 Å². The minimum atomic E-state index is -0.0912. The fourth-order valence-corrected chi connectivity index (χ4v) is 2.70. The third-order valence-corrected chi connectivity index (χ3v) is 4.64. The number of amides is 1. The molecule has 3 N–H and O–H groups in total. The zero-order valence-corrected chi connectivity index (χ0v) is 14.8. The molecule has 0 bridgehead atoms. The number of carbonyl (C=O) groups is 1. The number of aromatic nitrogens is 4. The molecule has 0 saturated carbocycles. The zero-order chi connectivity index (χ0) is 16.6. The van der Waals surface area contributed by atoms with Crippen LogP contribution >= 0.6 is 15.9 Å². The van der Waals surface area contributed by atoms with Crippen LogP contribution in [0.25, 0.3) is 11.0 Å². The number of benzene rings is 1. The largest absolute Gasteiger partial charge is 0.346 e. The highest BCUT2D eigenvalue weighted by atomic mass is 79.9. The number of fused-ring (bicyclic) bond motifs is 1. The van der Waals surface area contributed by atoms with Crippen LogP contribution in [0.15, 0.2) is 16.6 Å². The number of nitrogens with one attached hydrogen (secondary N) is 3. The third-order valence-electron chi connectivity index (χ3n) is 3.79. The summed E-state index contributed by atoms with van der Waals surface area (Å²) in [5, 5.41) is 2.80. The van der Waals surface area contributed by atoms with Gasteiger partial charge in [-0.1, -0.05) is 15.9 Å². The molecular weight excluding hydrogens is 358 g/mol. The topological polar surface area (TPSA) is 86.5 Å². The second kappa shape index (κ2) is 6.16. The molecule has 0 aliphatic carbocycles. The molecule has 1 aromatic carbocycles. The van der Waals surface area contributed by atoms with E-state index >= 15 is 0 Å². The lowest BCUT2D eigenvalue weighted by molar-refractivity contribution is -0.116. The summed E-state index contributed by atoms with van der Waals surface area (Å²) in [6.07, 6.45) is 0.928. The Labute approximate surface area is 142 Å². The second-order valence-corrected chi connectivity index (χ2v) is 6.50. The highest BCUT2D eigenvalue weighted by molar-refractivity contribution is 9.10. The number of hydrogen-bond donors (Lipinski definition) is 3. The smallest absolute Gasteiger partial charge is 0.227 e. The van der Waals surface area contributed by atoms with Gasteiger partial charge in [-0.05, 0) is 38.5 Å². The predicted octanol–water partition coefficient (Wildman–Crippen LogP) is 3.55. The first-order valence-corrected chi connectivity index (χ1v) is 8.19.